The van der Waals surface area contributed by atoms with Gasteiger partial charge in [0.2, 0.25) is 0 Å². The van der Waals surface area contributed by atoms with Crippen LogP contribution in [0.4, 0.5) is 0 Å². The average molecular weight is 139 g/mol. The minimum atomic E-state index is -0.0575. The molecule has 1 aromatic rings. The minimum absolute atomic E-state index is 0.0575. The summed E-state index contributed by atoms with van der Waals surface area (Å²) in [7, 11) is 0. The molecule has 0 spiro atoms. The van der Waals surface area contributed by atoms with Crippen LogP contribution in [0.3, 0.4) is 0 Å². The molecule has 1 heterocycles. The zero-order valence-electron chi connectivity index (χ0n) is 4.68. The molecule has 3 heteroatoms. The lowest BCUT2D eigenvalue weighted by Gasteiger charge is -1.77. The Labute approximate surface area is 56.7 Å². The smallest absolute Gasteiger partial charge is 0.262 e. The largest absolute Gasteiger partial charge is 0.278 e. The maximum absolute atomic E-state index is 10.7. The zero-order valence-corrected chi connectivity index (χ0v) is 5.49. The molecule has 0 aromatic carbocycles. The second-order valence-corrected chi connectivity index (χ2v) is 2.25. The summed E-state index contributed by atoms with van der Waals surface area (Å²) in [5, 5.41) is 1.74. The van der Waals surface area contributed by atoms with E-state index in [1.54, 1.807) is 5.38 Å². The lowest BCUT2D eigenvalue weighted by Crippen LogP contribution is -2.03. The van der Waals surface area contributed by atoms with E-state index >= 15 is 0 Å². The van der Waals surface area contributed by atoms with Crippen LogP contribution in [0.2, 0.25) is 0 Å². The third-order valence-electron chi connectivity index (χ3n) is 0.937. The Morgan fingerprint density at radius 2 is 2.67 bits per heavy atom. The first-order valence-corrected chi connectivity index (χ1v) is 3.31. The van der Waals surface area contributed by atoms with Gasteiger partial charge in [0.15, 0.2) is 0 Å². The van der Waals surface area contributed by atoms with E-state index in [1.165, 1.54) is 11.5 Å². The van der Waals surface area contributed by atoms with Crippen molar-refractivity contribution >= 4 is 11.5 Å². The van der Waals surface area contributed by atoms with Gasteiger partial charge in [-0.3, -0.25) is 9.17 Å². The molecular weight excluding hydrogens is 134 g/mol. The van der Waals surface area contributed by atoms with Crippen LogP contribution in [-0.2, 0) is 6.42 Å². The highest BCUT2D eigenvalue weighted by Crippen LogP contribution is 1.93. The Morgan fingerprint density at radius 1 is 1.89 bits per heavy atom. The van der Waals surface area contributed by atoms with Crippen LogP contribution in [0.25, 0.3) is 0 Å². The van der Waals surface area contributed by atoms with Gasteiger partial charge < -0.3 is 0 Å². The van der Waals surface area contributed by atoms with Crippen LogP contribution >= 0.6 is 11.5 Å². The summed E-state index contributed by atoms with van der Waals surface area (Å²) in [6.45, 7) is 0. The van der Waals surface area contributed by atoms with E-state index in [-0.39, 0.29) is 5.56 Å². The van der Waals surface area contributed by atoms with Crippen LogP contribution < -0.4 is 5.56 Å². The predicted molar refractivity (Wildman–Crippen MR) is 37.5 cm³/mol. The Hall–Kier alpha value is -1.01. The van der Waals surface area contributed by atoms with Crippen molar-refractivity contribution in [3.8, 4) is 12.3 Å². The Kier molecular flexibility index (Phi) is 1.71. The molecule has 0 saturated heterocycles. The van der Waals surface area contributed by atoms with Crippen LogP contribution in [0, 0.1) is 12.3 Å². The highest BCUT2D eigenvalue weighted by molar-refractivity contribution is 7.03. The van der Waals surface area contributed by atoms with E-state index in [2.05, 4.69) is 10.3 Å². The first kappa shape index (κ1) is 6.12. The highest BCUT2D eigenvalue weighted by Gasteiger charge is 1.94. The van der Waals surface area contributed by atoms with E-state index < -0.39 is 0 Å². The van der Waals surface area contributed by atoms with Crippen LogP contribution in [0.1, 0.15) is 5.56 Å². The van der Waals surface area contributed by atoms with Gasteiger partial charge in [-0.1, -0.05) is 11.5 Å². The summed E-state index contributed by atoms with van der Waals surface area (Å²) < 4.78 is 2.54. The second kappa shape index (κ2) is 2.51. The van der Waals surface area contributed by atoms with Crippen LogP contribution in [-0.4, -0.2) is 4.37 Å². The third-order valence-corrected chi connectivity index (χ3v) is 1.64. The fourth-order valence-electron chi connectivity index (χ4n) is 0.505. The maximum atomic E-state index is 10.7. The normalized spacial score (nSPS) is 8.78. The molecule has 0 saturated carbocycles. The number of rotatable bonds is 1. The van der Waals surface area contributed by atoms with Crippen molar-refractivity contribution in [2.24, 2.45) is 0 Å². The number of nitrogens with one attached hydrogen (secondary N) is 1. The van der Waals surface area contributed by atoms with Gasteiger partial charge in [-0.25, -0.2) is 0 Å². The SMILES string of the molecule is C#CCc1cs[nH]c1=O. The Morgan fingerprint density at radius 3 is 3.11 bits per heavy atom. The molecule has 1 N–H and O–H groups in total. The van der Waals surface area contributed by atoms with Crippen molar-refractivity contribution < 1.29 is 0 Å². The molecule has 0 aliphatic carbocycles. The van der Waals surface area contributed by atoms with E-state index in [4.69, 9.17) is 6.42 Å². The number of aromatic nitrogens is 1. The van der Waals surface area contributed by atoms with Crippen molar-refractivity contribution in [1.82, 2.24) is 4.37 Å². The van der Waals surface area contributed by atoms with Gasteiger partial charge in [-0.2, -0.15) is 0 Å². The molecule has 0 bridgehead atoms. The maximum Gasteiger partial charge on any atom is 0.262 e. The van der Waals surface area contributed by atoms with Gasteiger partial charge in [-0.15, -0.1) is 12.3 Å². The first-order chi connectivity index (χ1) is 4.34. The summed E-state index contributed by atoms with van der Waals surface area (Å²) in [4.78, 5) is 10.7. The third kappa shape index (κ3) is 1.21. The zero-order chi connectivity index (χ0) is 6.69. The van der Waals surface area contributed by atoms with Gasteiger partial charge in [0, 0.05) is 17.4 Å². The first-order valence-electron chi connectivity index (χ1n) is 2.43. The van der Waals surface area contributed by atoms with Crippen molar-refractivity contribution in [3.63, 3.8) is 0 Å². The molecule has 1 rings (SSSR count). The van der Waals surface area contributed by atoms with E-state index in [0.29, 0.717) is 12.0 Å². The van der Waals surface area contributed by atoms with E-state index in [0.717, 1.165) is 0 Å². The van der Waals surface area contributed by atoms with Crippen molar-refractivity contribution in [1.29, 1.82) is 0 Å². The molecule has 0 aliphatic rings. The molecule has 0 aliphatic heterocycles. The lowest BCUT2D eigenvalue weighted by atomic mass is 10.3. The summed E-state index contributed by atoms with van der Waals surface area (Å²) in [5.74, 6) is 2.40. The van der Waals surface area contributed by atoms with E-state index in [9.17, 15) is 4.79 Å². The van der Waals surface area contributed by atoms with Crippen molar-refractivity contribution in [2.45, 2.75) is 6.42 Å². The summed E-state index contributed by atoms with van der Waals surface area (Å²) in [5.41, 5.74) is 0.625. The van der Waals surface area contributed by atoms with Crippen LogP contribution in [0.15, 0.2) is 10.2 Å². The highest BCUT2D eigenvalue weighted by atomic mass is 32.1. The number of aromatic amines is 1. The van der Waals surface area contributed by atoms with Gasteiger partial charge in [0.05, 0.1) is 0 Å². The number of terminal acetylenes is 1. The quantitative estimate of drug-likeness (QED) is 0.568. The molecule has 0 amide bonds. The molecule has 9 heavy (non-hydrogen) atoms. The summed E-state index contributed by atoms with van der Waals surface area (Å²) >= 11 is 1.27. The minimum Gasteiger partial charge on any atom is -0.278 e. The van der Waals surface area contributed by atoms with Gasteiger partial charge >= 0.3 is 0 Å². The standard InChI is InChI=1S/C6H5NOS/c1-2-3-5-4-9-7-6(5)8/h1,4H,3H2,(H,7,8). The number of hydrogen-bond acceptors (Lipinski definition) is 2. The number of H-pyrrole nitrogens is 1. The molecule has 0 atom stereocenters. The van der Waals surface area contributed by atoms with Gasteiger partial charge in [0.25, 0.3) is 5.56 Å². The van der Waals surface area contributed by atoms with Crippen molar-refractivity contribution in [3.05, 3.63) is 21.3 Å². The molecule has 0 radical (unpaired) electrons. The van der Waals surface area contributed by atoms with Gasteiger partial charge in [-0.05, 0) is 0 Å². The van der Waals surface area contributed by atoms with E-state index in [1.807, 2.05) is 0 Å². The topological polar surface area (TPSA) is 32.9 Å². The summed E-state index contributed by atoms with van der Waals surface area (Å²) in [6, 6.07) is 0. The monoisotopic (exact) mass is 139 g/mol. The van der Waals surface area contributed by atoms with Gasteiger partial charge in [0.1, 0.15) is 0 Å². The molecule has 0 unspecified atom stereocenters. The van der Waals surface area contributed by atoms with Crippen LogP contribution in [0.5, 0.6) is 0 Å². The Bertz CT molecular complexity index is 278. The average Bonchev–Trinajstić information content (AvgIpc) is 2.18. The number of hydrogen-bond donors (Lipinski definition) is 1. The fourth-order valence-corrected chi connectivity index (χ4v) is 1.13. The van der Waals surface area contributed by atoms with Crippen molar-refractivity contribution in [2.75, 3.05) is 0 Å². The Balaban J connectivity index is 2.98. The predicted octanol–water partition coefficient (Wildman–Crippen LogP) is 0.612. The molecule has 1 aromatic heterocycles. The molecule has 2 nitrogen and oxygen atoms in total. The fraction of sp³-hybridized carbons (Fsp3) is 0.167. The lowest BCUT2D eigenvalue weighted by molar-refractivity contribution is 1.25. The second-order valence-electron chi connectivity index (χ2n) is 1.57. The molecular formula is C6H5NOS. The molecule has 46 valence electrons. The molecule has 0 fully saturated rings. The summed E-state index contributed by atoms with van der Waals surface area (Å²) in [6.07, 6.45) is 5.42.